The van der Waals surface area contributed by atoms with Crippen LogP contribution < -0.4 is 5.32 Å². The van der Waals surface area contributed by atoms with Crippen LogP contribution in [0.2, 0.25) is 0 Å². The van der Waals surface area contributed by atoms with Crippen LogP contribution in [0.1, 0.15) is 51.6 Å². The Hall–Kier alpha value is -4.16. The van der Waals surface area contributed by atoms with Gasteiger partial charge >= 0.3 is 0 Å². The first-order valence-corrected chi connectivity index (χ1v) is 14.6. The molecule has 0 saturated carbocycles. The Morgan fingerprint density at radius 3 is 2.48 bits per heavy atom. The number of fused-ring (bicyclic) bond motifs is 1. The van der Waals surface area contributed by atoms with Crippen molar-refractivity contribution in [3.05, 3.63) is 113 Å². The molecular weight excluding hydrogens is 552 g/mol. The molecule has 42 heavy (non-hydrogen) atoms. The molecule has 0 unspecified atom stereocenters. The molecule has 214 valence electrons. The number of para-hydroxylation sites is 2. The first-order chi connectivity index (χ1) is 20.6. The van der Waals surface area contributed by atoms with Gasteiger partial charge in [-0.25, -0.2) is 4.98 Å². The third-order valence-electron chi connectivity index (χ3n) is 7.07. The number of aliphatic hydroxyl groups excluding tert-OH is 1. The second-order valence-corrected chi connectivity index (χ2v) is 11.0. The largest absolute Gasteiger partial charge is 0.392 e. The van der Waals surface area contributed by atoms with E-state index in [0.29, 0.717) is 24.2 Å². The minimum Gasteiger partial charge on any atom is -0.392 e. The lowest BCUT2D eigenvalue weighted by molar-refractivity contribution is -0.245. The number of nitrogens with one attached hydrogen (secondary N) is 1. The van der Waals surface area contributed by atoms with Crippen molar-refractivity contribution in [1.82, 2.24) is 30.0 Å². The Labute approximate surface area is 247 Å². The number of aliphatic hydroxyl groups is 1. The number of hydrogen-bond acceptors (Lipinski definition) is 9. The van der Waals surface area contributed by atoms with Crippen molar-refractivity contribution < 1.29 is 19.4 Å². The number of carbonyl (C=O) groups is 1. The Balaban J connectivity index is 1.13. The van der Waals surface area contributed by atoms with Gasteiger partial charge in [0.2, 0.25) is 0 Å². The van der Waals surface area contributed by atoms with E-state index >= 15 is 0 Å². The zero-order valence-electron chi connectivity index (χ0n) is 23.0. The fourth-order valence-electron chi connectivity index (χ4n) is 4.73. The SMILES string of the molecule is Cn1cnnc1SC[C@@H]1C[C@H](c2ccc(CO)cc2)O[C@H](c2ccc(CNC(=O)c3cnc4ccccc4n3)cc2)O1. The maximum atomic E-state index is 12.7. The van der Waals surface area contributed by atoms with Crippen LogP contribution in [0, 0.1) is 0 Å². The van der Waals surface area contributed by atoms with Gasteiger partial charge in [0.25, 0.3) is 5.91 Å². The molecule has 3 heterocycles. The molecule has 1 fully saturated rings. The highest BCUT2D eigenvalue weighted by Gasteiger charge is 2.32. The average Bonchev–Trinajstić information content (AvgIpc) is 3.46. The van der Waals surface area contributed by atoms with Crippen LogP contribution in [0.4, 0.5) is 0 Å². The monoisotopic (exact) mass is 582 g/mol. The molecule has 2 N–H and O–H groups in total. The van der Waals surface area contributed by atoms with E-state index in [9.17, 15) is 9.90 Å². The number of ether oxygens (including phenoxy) is 2. The minimum atomic E-state index is -0.567. The van der Waals surface area contributed by atoms with Gasteiger partial charge in [0.1, 0.15) is 12.0 Å². The molecule has 1 saturated heterocycles. The van der Waals surface area contributed by atoms with Crippen molar-refractivity contribution in [2.75, 3.05) is 5.75 Å². The van der Waals surface area contributed by atoms with Crippen LogP contribution in [0.15, 0.2) is 90.5 Å². The number of amides is 1. The highest BCUT2D eigenvalue weighted by atomic mass is 32.2. The summed E-state index contributed by atoms with van der Waals surface area (Å²) in [5.41, 5.74) is 5.40. The summed E-state index contributed by atoms with van der Waals surface area (Å²) in [6, 6.07) is 23.1. The third kappa shape index (κ3) is 6.50. The zero-order chi connectivity index (χ0) is 28.9. The number of hydrogen-bond donors (Lipinski definition) is 2. The van der Waals surface area contributed by atoms with E-state index in [1.54, 1.807) is 18.1 Å². The van der Waals surface area contributed by atoms with E-state index < -0.39 is 6.29 Å². The molecule has 0 radical (unpaired) electrons. The van der Waals surface area contributed by atoms with Crippen LogP contribution in [0.25, 0.3) is 11.0 Å². The summed E-state index contributed by atoms with van der Waals surface area (Å²) in [5.74, 6) is 0.411. The fraction of sp³-hybridized carbons (Fsp3) is 0.258. The highest BCUT2D eigenvalue weighted by molar-refractivity contribution is 7.99. The van der Waals surface area contributed by atoms with Crippen LogP contribution in [0.3, 0.4) is 0 Å². The van der Waals surface area contributed by atoms with Crippen LogP contribution >= 0.6 is 11.8 Å². The molecule has 3 aromatic carbocycles. The summed E-state index contributed by atoms with van der Waals surface area (Å²) in [7, 11) is 1.92. The predicted molar refractivity (Wildman–Crippen MR) is 157 cm³/mol. The van der Waals surface area contributed by atoms with Crippen LogP contribution in [-0.4, -0.2) is 47.6 Å². The Bertz CT molecular complexity index is 1660. The molecule has 6 rings (SSSR count). The van der Waals surface area contributed by atoms with Gasteiger partial charge in [-0.2, -0.15) is 0 Å². The molecular formula is C31H30N6O4S. The van der Waals surface area contributed by atoms with Crippen molar-refractivity contribution >= 4 is 28.7 Å². The van der Waals surface area contributed by atoms with E-state index in [4.69, 9.17) is 9.47 Å². The number of benzene rings is 3. The normalized spacial score (nSPS) is 18.7. The number of rotatable bonds is 9. The minimum absolute atomic E-state index is 0.00301. The lowest BCUT2D eigenvalue weighted by Crippen LogP contribution is -2.31. The summed E-state index contributed by atoms with van der Waals surface area (Å²) in [6.45, 7) is 0.341. The van der Waals surface area contributed by atoms with Crippen LogP contribution in [-0.2, 0) is 29.7 Å². The maximum Gasteiger partial charge on any atom is 0.271 e. The zero-order valence-corrected chi connectivity index (χ0v) is 23.8. The maximum absolute atomic E-state index is 12.7. The molecule has 1 aliphatic heterocycles. The van der Waals surface area contributed by atoms with E-state index in [0.717, 1.165) is 32.9 Å². The second-order valence-electron chi connectivity index (χ2n) is 10.1. The number of carbonyl (C=O) groups excluding carboxylic acids is 1. The van der Waals surface area contributed by atoms with Crippen molar-refractivity contribution in [3.8, 4) is 0 Å². The molecule has 1 amide bonds. The van der Waals surface area contributed by atoms with Gasteiger partial charge in [0.05, 0.1) is 36.0 Å². The number of aryl methyl sites for hydroxylation is 1. The first-order valence-electron chi connectivity index (χ1n) is 13.6. The lowest BCUT2D eigenvalue weighted by atomic mass is 10.0. The summed E-state index contributed by atoms with van der Waals surface area (Å²) < 4.78 is 14.7. The topological polar surface area (TPSA) is 124 Å². The Morgan fingerprint density at radius 2 is 1.74 bits per heavy atom. The summed E-state index contributed by atoms with van der Waals surface area (Å²) in [6.07, 6.45) is 3.02. The predicted octanol–water partition coefficient (Wildman–Crippen LogP) is 4.52. The van der Waals surface area contributed by atoms with Gasteiger partial charge in [-0.1, -0.05) is 72.4 Å². The Morgan fingerprint density at radius 1 is 1.00 bits per heavy atom. The second kappa shape index (κ2) is 12.8. The van der Waals surface area contributed by atoms with Crippen molar-refractivity contribution in [2.24, 2.45) is 7.05 Å². The van der Waals surface area contributed by atoms with Gasteiger partial charge in [-0.15, -0.1) is 10.2 Å². The van der Waals surface area contributed by atoms with Crippen molar-refractivity contribution in [1.29, 1.82) is 0 Å². The summed E-state index contributed by atoms with van der Waals surface area (Å²) in [5, 5.41) is 21.3. The molecule has 1 aliphatic rings. The Kier molecular flexibility index (Phi) is 8.52. The molecule has 0 bridgehead atoms. The van der Waals surface area contributed by atoms with E-state index in [1.807, 2.05) is 84.4 Å². The first kappa shape index (κ1) is 28.0. The molecule has 2 aromatic heterocycles. The van der Waals surface area contributed by atoms with Crippen molar-refractivity contribution in [2.45, 2.75) is 43.2 Å². The van der Waals surface area contributed by atoms with Crippen LogP contribution in [0.5, 0.6) is 0 Å². The molecule has 10 nitrogen and oxygen atoms in total. The van der Waals surface area contributed by atoms with Gasteiger partial charge in [0.15, 0.2) is 11.4 Å². The third-order valence-corrected chi connectivity index (χ3v) is 8.24. The number of aromatic nitrogens is 5. The number of thioether (sulfide) groups is 1. The van der Waals surface area contributed by atoms with Gasteiger partial charge in [-0.05, 0) is 28.8 Å². The molecule has 0 spiro atoms. The molecule has 5 aromatic rings. The quantitative estimate of drug-likeness (QED) is 0.241. The standard InChI is InChI=1S/C31H30N6O4S/c1-37-19-34-36-31(37)42-18-24-14-28(22-10-8-21(17-38)9-11-22)41-30(40-24)23-12-6-20(7-13-23)15-33-29(39)27-16-32-25-4-2-3-5-26(25)35-27/h2-13,16,19,24,28,30,38H,14-15,17-18H2,1H3,(H,33,39)/t24-,28+,30+/m0/s1. The average molecular weight is 583 g/mol. The van der Waals surface area contributed by atoms with E-state index in [1.165, 1.54) is 6.20 Å². The number of nitrogens with zero attached hydrogens (tertiary/aromatic N) is 5. The molecule has 0 aliphatic carbocycles. The van der Waals surface area contributed by atoms with Gasteiger partial charge in [-0.3, -0.25) is 9.78 Å². The molecule has 11 heteroatoms. The lowest BCUT2D eigenvalue weighted by Gasteiger charge is -2.36. The summed E-state index contributed by atoms with van der Waals surface area (Å²) >= 11 is 1.60. The molecule has 3 atom stereocenters. The fourth-order valence-corrected chi connectivity index (χ4v) is 5.63. The smallest absolute Gasteiger partial charge is 0.271 e. The van der Waals surface area contributed by atoms with Gasteiger partial charge in [0, 0.05) is 31.3 Å². The van der Waals surface area contributed by atoms with E-state index in [-0.39, 0.29) is 30.4 Å². The van der Waals surface area contributed by atoms with Crippen molar-refractivity contribution in [3.63, 3.8) is 0 Å². The highest BCUT2D eigenvalue weighted by Crippen LogP contribution is 2.39. The van der Waals surface area contributed by atoms with Gasteiger partial charge < -0.3 is 24.5 Å². The van der Waals surface area contributed by atoms with E-state index in [2.05, 4.69) is 25.5 Å². The summed E-state index contributed by atoms with van der Waals surface area (Å²) in [4.78, 5) is 21.5.